The van der Waals surface area contributed by atoms with Gasteiger partial charge < -0.3 is 5.32 Å². The van der Waals surface area contributed by atoms with Crippen molar-refractivity contribution >= 4 is 0 Å². The Kier molecular flexibility index (Phi) is 4.27. The second-order valence-electron chi connectivity index (χ2n) is 5.00. The van der Waals surface area contributed by atoms with Crippen LogP contribution in [0.4, 0.5) is 4.39 Å². The summed E-state index contributed by atoms with van der Waals surface area (Å²) in [4.78, 5) is 0. The summed E-state index contributed by atoms with van der Waals surface area (Å²) in [5.74, 6) is 0.203. The van der Waals surface area contributed by atoms with E-state index in [0.29, 0.717) is 12.5 Å². The van der Waals surface area contributed by atoms with Gasteiger partial charge in [0.1, 0.15) is 5.82 Å². The average molecular weight is 262 g/mol. The van der Waals surface area contributed by atoms with Crippen LogP contribution in [-0.2, 0) is 13.6 Å². The summed E-state index contributed by atoms with van der Waals surface area (Å²) in [6, 6.07) is 6.83. The minimum Gasteiger partial charge on any atom is -0.304 e. The van der Waals surface area contributed by atoms with Gasteiger partial charge in [-0.05, 0) is 23.6 Å². The third-order valence-electron chi connectivity index (χ3n) is 3.21. The van der Waals surface area contributed by atoms with Crippen molar-refractivity contribution in [2.24, 2.45) is 13.0 Å². The molecular formula is C14H19FN4. The van der Waals surface area contributed by atoms with Crippen LogP contribution in [0.5, 0.6) is 0 Å². The molecule has 0 aliphatic rings. The molecule has 4 nitrogen and oxygen atoms in total. The van der Waals surface area contributed by atoms with Gasteiger partial charge >= 0.3 is 0 Å². The molecule has 1 heterocycles. The predicted molar refractivity (Wildman–Crippen MR) is 71.8 cm³/mol. The van der Waals surface area contributed by atoms with E-state index in [1.54, 1.807) is 10.9 Å². The highest BCUT2D eigenvalue weighted by molar-refractivity contribution is 5.20. The molecule has 0 saturated heterocycles. The fourth-order valence-electron chi connectivity index (χ4n) is 2.09. The normalized spacial score (nSPS) is 12.9. The molecule has 1 aromatic carbocycles. The van der Waals surface area contributed by atoms with Crippen LogP contribution in [0, 0.1) is 11.7 Å². The lowest BCUT2D eigenvalue weighted by Crippen LogP contribution is -2.26. The van der Waals surface area contributed by atoms with E-state index < -0.39 is 0 Å². The standard InChI is InChI=1S/C14H19FN4/c1-10(2)14(11-4-6-12(15)7-5-11)16-8-13-9-17-18-19(13)3/h4-7,9-10,14,16H,8H2,1-3H3. The van der Waals surface area contributed by atoms with Crippen molar-refractivity contribution in [3.05, 3.63) is 47.5 Å². The minimum absolute atomic E-state index is 0.176. The van der Waals surface area contributed by atoms with E-state index in [9.17, 15) is 4.39 Å². The Labute approximate surface area is 112 Å². The fourth-order valence-corrected chi connectivity index (χ4v) is 2.09. The molecule has 1 aromatic heterocycles. The van der Waals surface area contributed by atoms with Crippen molar-refractivity contribution in [2.75, 3.05) is 0 Å². The highest BCUT2D eigenvalue weighted by Crippen LogP contribution is 2.22. The molecule has 0 aliphatic carbocycles. The Morgan fingerprint density at radius 3 is 2.47 bits per heavy atom. The van der Waals surface area contributed by atoms with Crippen molar-refractivity contribution in [3.8, 4) is 0 Å². The van der Waals surface area contributed by atoms with E-state index in [0.717, 1.165) is 11.3 Å². The van der Waals surface area contributed by atoms with Crippen LogP contribution in [0.25, 0.3) is 0 Å². The Balaban J connectivity index is 2.08. The van der Waals surface area contributed by atoms with E-state index in [2.05, 4.69) is 29.5 Å². The summed E-state index contributed by atoms with van der Waals surface area (Å²) in [6.45, 7) is 4.97. The molecule has 5 heteroatoms. The monoisotopic (exact) mass is 262 g/mol. The Morgan fingerprint density at radius 2 is 1.95 bits per heavy atom. The quantitative estimate of drug-likeness (QED) is 0.900. The lowest BCUT2D eigenvalue weighted by molar-refractivity contribution is 0.404. The van der Waals surface area contributed by atoms with E-state index in [1.165, 1.54) is 12.1 Å². The Hall–Kier alpha value is -1.75. The van der Waals surface area contributed by atoms with Gasteiger partial charge in [0.25, 0.3) is 0 Å². The average Bonchev–Trinajstić information content (AvgIpc) is 2.77. The molecule has 2 aromatic rings. The molecule has 0 aliphatic heterocycles. The zero-order valence-corrected chi connectivity index (χ0v) is 11.5. The summed E-state index contributed by atoms with van der Waals surface area (Å²) in [6.07, 6.45) is 1.75. The SMILES string of the molecule is CC(C)C(NCc1cnnn1C)c1ccc(F)cc1. The molecule has 102 valence electrons. The number of benzene rings is 1. The molecule has 0 saturated carbocycles. The number of nitrogens with one attached hydrogen (secondary N) is 1. The summed E-state index contributed by atoms with van der Waals surface area (Å²) in [5.41, 5.74) is 2.11. The first kappa shape index (κ1) is 13.7. The molecule has 1 N–H and O–H groups in total. The highest BCUT2D eigenvalue weighted by atomic mass is 19.1. The molecule has 0 radical (unpaired) electrons. The lowest BCUT2D eigenvalue weighted by atomic mass is 9.96. The first-order chi connectivity index (χ1) is 9.08. The summed E-state index contributed by atoms with van der Waals surface area (Å²) < 4.78 is 14.7. The highest BCUT2D eigenvalue weighted by Gasteiger charge is 2.15. The Bertz CT molecular complexity index is 518. The van der Waals surface area contributed by atoms with E-state index in [4.69, 9.17) is 0 Å². The smallest absolute Gasteiger partial charge is 0.123 e. The fraction of sp³-hybridized carbons (Fsp3) is 0.429. The number of hydrogen-bond donors (Lipinski definition) is 1. The topological polar surface area (TPSA) is 42.7 Å². The van der Waals surface area contributed by atoms with Gasteiger partial charge in [0.15, 0.2) is 0 Å². The maximum absolute atomic E-state index is 13.0. The maximum atomic E-state index is 13.0. The Morgan fingerprint density at radius 1 is 1.26 bits per heavy atom. The van der Waals surface area contributed by atoms with Gasteiger partial charge in [-0.25, -0.2) is 4.39 Å². The van der Waals surface area contributed by atoms with Crippen LogP contribution < -0.4 is 5.32 Å². The number of nitrogens with zero attached hydrogens (tertiary/aromatic N) is 3. The van der Waals surface area contributed by atoms with Gasteiger partial charge in [-0.3, -0.25) is 4.68 Å². The van der Waals surface area contributed by atoms with Crippen molar-refractivity contribution in [3.63, 3.8) is 0 Å². The van der Waals surface area contributed by atoms with Gasteiger partial charge in [-0.1, -0.05) is 31.2 Å². The summed E-state index contributed by atoms with van der Waals surface area (Å²) in [5, 5.41) is 11.2. The van der Waals surface area contributed by atoms with Crippen LogP contribution >= 0.6 is 0 Å². The van der Waals surface area contributed by atoms with Crippen LogP contribution in [0.15, 0.2) is 30.5 Å². The van der Waals surface area contributed by atoms with Crippen molar-refractivity contribution in [1.82, 2.24) is 20.3 Å². The number of hydrogen-bond acceptors (Lipinski definition) is 3. The first-order valence-corrected chi connectivity index (χ1v) is 6.40. The van der Waals surface area contributed by atoms with Crippen LogP contribution in [-0.4, -0.2) is 15.0 Å². The molecule has 0 fully saturated rings. The van der Waals surface area contributed by atoms with Gasteiger partial charge in [0, 0.05) is 19.6 Å². The second-order valence-corrected chi connectivity index (χ2v) is 5.00. The third kappa shape index (κ3) is 3.38. The van der Waals surface area contributed by atoms with E-state index in [1.807, 2.05) is 19.2 Å². The largest absolute Gasteiger partial charge is 0.304 e. The molecule has 1 atom stereocenters. The molecule has 1 unspecified atom stereocenters. The van der Waals surface area contributed by atoms with Crippen LogP contribution in [0.3, 0.4) is 0 Å². The molecule has 2 rings (SSSR count). The van der Waals surface area contributed by atoms with Gasteiger partial charge in [0.05, 0.1) is 11.9 Å². The molecule has 0 spiro atoms. The first-order valence-electron chi connectivity index (χ1n) is 6.40. The van der Waals surface area contributed by atoms with Crippen molar-refractivity contribution < 1.29 is 4.39 Å². The van der Waals surface area contributed by atoms with Crippen LogP contribution in [0.2, 0.25) is 0 Å². The van der Waals surface area contributed by atoms with Gasteiger partial charge in [0.2, 0.25) is 0 Å². The van der Waals surface area contributed by atoms with Crippen LogP contribution in [0.1, 0.15) is 31.1 Å². The predicted octanol–water partition coefficient (Wildman–Crippen LogP) is 2.44. The number of aryl methyl sites for hydroxylation is 1. The van der Waals surface area contributed by atoms with Gasteiger partial charge in [-0.2, -0.15) is 0 Å². The minimum atomic E-state index is -0.206. The lowest BCUT2D eigenvalue weighted by Gasteiger charge is -2.23. The zero-order valence-electron chi connectivity index (χ0n) is 11.5. The maximum Gasteiger partial charge on any atom is 0.123 e. The molecule has 0 amide bonds. The summed E-state index contributed by atoms with van der Waals surface area (Å²) in [7, 11) is 1.87. The second kappa shape index (κ2) is 5.93. The van der Waals surface area contributed by atoms with Crippen molar-refractivity contribution in [1.29, 1.82) is 0 Å². The van der Waals surface area contributed by atoms with E-state index >= 15 is 0 Å². The van der Waals surface area contributed by atoms with Crippen molar-refractivity contribution in [2.45, 2.75) is 26.4 Å². The zero-order chi connectivity index (χ0) is 13.8. The molecule has 19 heavy (non-hydrogen) atoms. The third-order valence-corrected chi connectivity index (χ3v) is 3.21. The van der Waals surface area contributed by atoms with Gasteiger partial charge in [-0.15, -0.1) is 5.10 Å². The van der Waals surface area contributed by atoms with E-state index in [-0.39, 0.29) is 11.9 Å². The summed E-state index contributed by atoms with van der Waals surface area (Å²) >= 11 is 0. The number of rotatable bonds is 5. The number of halogens is 1. The molecule has 0 bridgehead atoms. The molecular weight excluding hydrogens is 243 g/mol. The number of aromatic nitrogens is 3.